The van der Waals surface area contributed by atoms with Crippen LogP contribution >= 0.6 is 15.9 Å². The fourth-order valence-corrected chi connectivity index (χ4v) is 3.90. The molecule has 3 rings (SSSR count). The third-order valence-electron chi connectivity index (χ3n) is 4.82. The standard InChI is InChI=1S/C20H22BrN3O4/c1-28-19-8-7-17(24(26)27)11-18(19)22-20(25)15-5-3-9-23(13-15)12-14-4-2-6-16(21)10-14/h2,4,6-8,10-11,15H,3,5,9,12-13H2,1H3,(H,22,25). The van der Waals surface area contributed by atoms with Crippen molar-refractivity contribution < 1.29 is 14.5 Å². The molecule has 1 unspecified atom stereocenters. The summed E-state index contributed by atoms with van der Waals surface area (Å²) in [7, 11) is 1.47. The number of piperidine rings is 1. The maximum Gasteiger partial charge on any atom is 0.271 e. The lowest BCUT2D eigenvalue weighted by molar-refractivity contribution is -0.384. The molecule has 148 valence electrons. The first-order chi connectivity index (χ1) is 13.5. The number of nitrogens with zero attached hydrogens (tertiary/aromatic N) is 2. The van der Waals surface area contributed by atoms with Gasteiger partial charge in [-0.1, -0.05) is 28.1 Å². The quantitative estimate of drug-likeness (QED) is 0.529. The van der Waals surface area contributed by atoms with Crippen LogP contribution in [0.2, 0.25) is 0 Å². The van der Waals surface area contributed by atoms with Gasteiger partial charge in [-0.3, -0.25) is 19.8 Å². The molecule has 7 nitrogen and oxygen atoms in total. The average Bonchev–Trinajstić information content (AvgIpc) is 2.68. The molecule has 1 atom stereocenters. The number of likely N-dealkylation sites (tertiary alicyclic amines) is 1. The van der Waals surface area contributed by atoms with Crippen molar-refractivity contribution in [2.75, 3.05) is 25.5 Å². The fourth-order valence-electron chi connectivity index (χ4n) is 3.45. The molecule has 0 radical (unpaired) electrons. The van der Waals surface area contributed by atoms with Crippen molar-refractivity contribution >= 4 is 33.2 Å². The molecule has 1 saturated heterocycles. The number of anilines is 1. The van der Waals surface area contributed by atoms with Crippen LogP contribution in [0.25, 0.3) is 0 Å². The van der Waals surface area contributed by atoms with Crippen molar-refractivity contribution in [2.24, 2.45) is 5.92 Å². The van der Waals surface area contributed by atoms with Crippen molar-refractivity contribution in [1.29, 1.82) is 0 Å². The number of carbonyl (C=O) groups excluding carboxylic acids is 1. The third kappa shape index (κ3) is 5.08. The highest BCUT2D eigenvalue weighted by Gasteiger charge is 2.27. The minimum Gasteiger partial charge on any atom is -0.495 e. The Balaban J connectivity index is 1.67. The topological polar surface area (TPSA) is 84.7 Å². The zero-order valence-corrected chi connectivity index (χ0v) is 17.1. The van der Waals surface area contributed by atoms with Gasteiger partial charge in [0.2, 0.25) is 5.91 Å². The highest BCUT2D eigenvalue weighted by molar-refractivity contribution is 9.10. The van der Waals surface area contributed by atoms with E-state index in [1.165, 1.54) is 30.9 Å². The van der Waals surface area contributed by atoms with Crippen LogP contribution in [0, 0.1) is 16.0 Å². The Morgan fingerprint density at radius 2 is 2.18 bits per heavy atom. The summed E-state index contributed by atoms with van der Waals surface area (Å²) in [5.74, 6) is 0.0864. The van der Waals surface area contributed by atoms with Crippen molar-refractivity contribution in [1.82, 2.24) is 4.90 Å². The van der Waals surface area contributed by atoms with Gasteiger partial charge in [0, 0.05) is 29.7 Å². The van der Waals surface area contributed by atoms with E-state index in [9.17, 15) is 14.9 Å². The molecule has 1 heterocycles. The van der Waals surface area contributed by atoms with E-state index >= 15 is 0 Å². The number of benzene rings is 2. The molecule has 2 aromatic carbocycles. The molecule has 1 N–H and O–H groups in total. The molecule has 2 aromatic rings. The second-order valence-corrected chi connectivity index (χ2v) is 7.75. The van der Waals surface area contributed by atoms with Crippen LogP contribution in [0.1, 0.15) is 18.4 Å². The smallest absolute Gasteiger partial charge is 0.271 e. The number of rotatable bonds is 6. The molecule has 0 spiro atoms. The molecule has 0 bridgehead atoms. The summed E-state index contributed by atoms with van der Waals surface area (Å²) in [6, 6.07) is 12.3. The molecule has 0 aliphatic carbocycles. The van der Waals surface area contributed by atoms with Gasteiger partial charge in [0.15, 0.2) is 0 Å². The van der Waals surface area contributed by atoms with Gasteiger partial charge in [-0.25, -0.2) is 0 Å². The van der Waals surface area contributed by atoms with Crippen LogP contribution in [-0.2, 0) is 11.3 Å². The van der Waals surface area contributed by atoms with Gasteiger partial charge in [-0.2, -0.15) is 0 Å². The predicted octanol–water partition coefficient (Wildman–Crippen LogP) is 4.22. The van der Waals surface area contributed by atoms with Gasteiger partial charge >= 0.3 is 0 Å². The normalized spacial score (nSPS) is 17.1. The Bertz CT molecular complexity index is 874. The number of halogens is 1. The van der Waals surface area contributed by atoms with Crippen LogP contribution in [0.3, 0.4) is 0 Å². The zero-order chi connectivity index (χ0) is 20.1. The monoisotopic (exact) mass is 447 g/mol. The molecular formula is C20H22BrN3O4. The SMILES string of the molecule is COc1ccc([N+](=O)[O-])cc1NC(=O)C1CCCN(Cc2cccc(Br)c2)C1. The van der Waals surface area contributed by atoms with Crippen LogP contribution < -0.4 is 10.1 Å². The zero-order valence-electron chi connectivity index (χ0n) is 15.6. The van der Waals surface area contributed by atoms with Gasteiger partial charge in [0.25, 0.3) is 5.69 Å². The van der Waals surface area contributed by atoms with E-state index in [4.69, 9.17) is 4.74 Å². The van der Waals surface area contributed by atoms with E-state index in [0.29, 0.717) is 18.0 Å². The molecule has 1 aliphatic rings. The first-order valence-electron chi connectivity index (χ1n) is 9.06. The number of non-ortho nitro benzene ring substituents is 1. The van der Waals surface area contributed by atoms with E-state index in [2.05, 4.69) is 38.3 Å². The molecule has 8 heteroatoms. The average molecular weight is 448 g/mol. The van der Waals surface area contributed by atoms with Gasteiger partial charge in [-0.05, 0) is 43.1 Å². The van der Waals surface area contributed by atoms with Crippen LogP contribution in [0.5, 0.6) is 5.75 Å². The number of nitro groups is 1. The van der Waals surface area contributed by atoms with E-state index in [1.54, 1.807) is 0 Å². The van der Waals surface area contributed by atoms with Crippen LogP contribution in [0.15, 0.2) is 46.9 Å². The van der Waals surface area contributed by atoms with E-state index in [1.807, 2.05) is 12.1 Å². The lowest BCUT2D eigenvalue weighted by Crippen LogP contribution is -2.40. The summed E-state index contributed by atoms with van der Waals surface area (Å²) in [5, 5.41) is 13.8. The van der Waals surface area contributed by atoms with Crippen molar-refractivity contribution in [3.63, 3.8) is 0 Å². The first kappa shape index (κ1) is 20.3. The number of hydrogen-bond acceptors (Lipinski definition) is 5. The Morgan fingerprint density at radius 1 is 1.36 bits per heavy atom. The summed E-state index contributed by atoms with van der Waals surface area (Å²) in [4.78, 5) is 25.6. The summed E-state index contributed by atoms with van der Waals surface area (Å²) in [6.45, 7) is 2.37. The molecule has 1 fully saturated rings. The van der Waals surface area contributed by atoms with Gasteiger partial charge in [0.05, 0.1) is 23.6 Å². The predicted molar refractivity (Wildman–Crippen MR) is 110 cm³/mol. The fraction of sp³-hybridized carbons (Fsp3) is 0.350. The highest BCUT2D eigenvalue weighted by atomic mass is 79.9. The summed E-state index contributed by atoms with van der Waals surface area (Å²) >= 11 is 3.49. The van der Waals surface area contributed by atoms with Gasteiger partial charge in [0.1, 0.15) is 5.75 Å². The Labute approximate surface area is 172 Å². The lowest BCUT2D eigenvalue weighted by atomic mass is 9.96. The van der Waals surface area contributed by atoms with E-state index < -0.39 is 4.92 Å². The maximum absolute atomic E-state index is 12.8. The van der Waals surface area contributed by atoms with Gasteiger partial charge in [-0.15, -0.1) is 0 Å². The molecule has 1 amide bonds. The number of hydrogen-bond donors (Lipinski definition) is 1. The van der Waals surface area contributed by atoms with Gasteiger partial charge < -0.3 is 10.1 Å². The summed E-state index contributed by atoms with van der Waals surface area (Å²) in [5.41, 5.74) is 1.43. The van der Waals surface area contributed by atoms with E-state index in [-0.39, 0.29) is 17.5 Å². The maximum atomic E-state index is 12.8. The minimum atomic E-state index is -0.491. The number of nitro benzene ring substituents is 1. The highest BCUT2D eigenvalue weighted by Crippen LogP contribution is 2.30. The number of nitrogens with one attached hydrogen (secondary N) is 1. The second kappa shape index (κ2) is 9.16. The van der Waals surface area contributed by atoms with Crippen molar-refractivity contribution in [2.45, 2.75) is 19.4 Å². The number of ether oxygens (including phenoxy) is 1. The molecule has 0 saturated carbocycles. The molecular weight excluding hydrogens is 426 g/mol. The first-order valence-corrected chi connectivity index (χ1v) is 9.85. The second-order valence-electron chi connectivity index (χ2n) is 6.84. The Kier molecular flexibility index (Phi) is 6.64. The molecule has 1 aliphatic heterocycles. The lowest BCUT2D eigenvalue weighted by Gasteiger charge is -2.32. The molecule has 28 heavy (non-hydrogen) atoms. The third-order valence-corrected chi connectivity index (χ3v) is 5.32. The summed E-state index contributed by atoms with van der Waals surface area (Å²) < 4.78 is 6.26. The molecule has 0 aromatic heterocycles. The minimum absolute atomic E-state index is 0.0870. The Morgan fingerprint density at radius 3 is 2.89 bits per heavy atom. The summed E-state index contributed by atoms with van der Waals surface area (Å²) in [6.07, 6.45) is 1.72. The largest absolute Gasteiger partial charge is 0.495 e. The Hall–Kier alpha value is -2.45. The van der Waals surface area contributed by atoms with E-state index in [0.717, 1.165) is 30.4 Å². The van der Waals surface area contributed by atoms with Crippen LogP contribution in [0.4, 0.5) is 11.4 Å². The number of amides is 1. The van der Waals surface area contributed by atoms with Crippen LogP contribution in [-0.4, -0.2) is 35.9 Å². The number of carbonyl (C=O) groups is 1. The van der Waals surface area contributed by atoms with Crippen molar-refractivity contribution in [3.05, 3.63) is 62.6 Å². The van der Waals surface area contributed by atoms with Crippen molar-refractivity contribution in [3.8, 4) is 5.75 Å². The number of methoxy groups -OCH3 is 1.